The third-order valence-electron chi connectivity index (χ3n) is 8.62. The molecule has 2 N–H and O–H groups in total. The smallest absolute Gasteiger partial charge is 0.258 e. The SMILES string of the molecule is CC(C)C[C@@H](NC(=O)c1ccccc1OCC(=O)NC1(C)CC1)C(=O)N1CCC[C@@H]1C(=O)N1CCOC(C2CC2)C1. The van der Waals surface area contributed by atoms with Gasteiger partial charge in [0.15, 0.2) is 6.61 Å². The van der Waals surface area contributed by atoms with Crippen LogP contribution in [0, 0.1) is 11.8 Å². The van der Waals surface area contributed by atoms with Crippen LogP contribution in [0.5, 0.6) is 5.75 Å². The van der Waals surface area contributed by atoms with Crippen LogP contribution < -0.4 is 15.4 Å². The first-order valence-corrected chi connectivity index (χ1v) is 15.2. The van der Waals surface area contributed by atoms with Crippen molar-refractivity contribution in [3.63, 3.8) is 0 Å². The lowest BCUT2D eigenvalue weighted by atomic mass is 10.0. The third-order valence-corrected chi connectivity index (χ3v) is 8.62. The first-order valence-electron chi connectivity index (χ1n) is 15.2. The molecule has 2 aliphatic carbocycles. The molecule has 2 aliphatic heterocycles. The third kappa shape index (κ3) is 7.39. The molecular weight excluding hydrogens is 524 g/mol. The van der Waals surface area contributed by atoms with Gasteiger partial charge < -0.3 is 29.9 Å². The molecule has 2 saturated heterocycles. The Morgan fingerprint density at radius 3 is 2.56 bits per heavy atom. The number of carbonyl (C=O) groups excluding carboxylic acids is 4. The zero-order valence-corrected chi connectivity index (χ0v) is 24.5. The molecule has 4 fully saturated rings. The van der Waals surface area contributed by atoms with Crippen molar-refractivity contribution in [3.05, 3.63) is 29.8 Å². The van der Waals surface area contributed by atoms with E-state index in [2.05, 4.69) is 10.6 Å². The molecule has 224 valence electrons. The number of benzene rings is 1. The van der Waals surface area contributed by atoms with Crippen LogP contribution in [0.4, 0.5) is 0 Å². The normalized spacial score (nSPS) is 24.1. The van der Waals surface area contributed by atoms with Gasteiger partial charge in [0.05, 0.1) is 18.3 Å². The van der Waals surface area contributed by atoms with Gasteiger partial charge in [-0.25, -0.2) is 0 Å². The number of ether oxygens (including phenoxy) is 2. The average Bonchev–Trinajstić information content (AvgIpc) is 3.88. The molecule has 1 unspecified atom stereocenters. The summed E-state index contributed by atoms with van der Waals surface area (Å²) in [7, 11) is 0. The largest absolute Gasteiger partial charge is 0.483 e. The maximum Gasteiger partial charge on any atom is 0.258 e. The van der Waals surface area contributed by atoms with E-state index in [1.165, 1.54) is 0 Å². The Kier molecular flexibility index (Phi) is 8.87. The van der Waals surface area contributed by atoms with Crippen molar-refractivity contribution < 1.29 is 28.7 Å². The van der Waals surface area contributed by atoms with Gasteiger partial charge >= 0.3 is 0 Å². The van der Waals surface area contributed by atoms with E-state index >= 15 is 0 Å². The Morgan fingerprint density at radius 2 is 1.85 bits per heavy atom. The quantitative estimate of drug-likeness (QED) is 0.424. The summed E-state index contributed by atoms with van der Waals surface area (Å²) in [4.78, 5) is 56.8. The van der Waals surface area contributed by atoms with Gasteiger partial charge in [-0.05, 0) is 75.8 Å². The number of likely N-dealkylation sites (tertiary alicyclic amines) is 1. The van der Waals surface area contributed by atoms with Gasteiger partial charge in [0.1, 0.15) is 17.8 Å². The van der Waals surface area contributed by atoms with Gasteiger partial charge in [-0.2, -0.15) is 0 Å². The van der Waals surface area contributed by atoms with Crippen molar-refractivity contribution in [3.8, 4) is 5.75 Å². The monoisotopic (exact) mass is 568 g/mol. The first kappa shape index (κ1) is 29.4. The van der Waals surface area contributed by atoms with E-state index in [1.807, 2.05) is 25.7 Å². The second kappa shape index (κ2) is 12.4. The zero-order valence-electron chi connectivity index (χ0n) is 24.5. The summed E-state index contributed by atoms with van der Waals surface area (Å²) < 4.78 is 11.6. The Balaban J connectivity index is 1.24. The van der Waals surface area contributed by atoms with Crippen LogP contribution in [-0.2, 0) is 19.1 Å². The summed E-state index contributed by atoms with van der Waals surface area (Å²) in [5.74, 6) is 0.0301. The number of para-hydroxylation sites is 1. The summed E-state index contributed by atoms with van der Waals surface area (Å²) in [5, 5.41) is 5.88. The maximum atomic E-state index is 13.9. The highest BCUT2D eigenvalue weighted by Gasteiger charge is 2.43. The average molecular weight is 569 g/mol. The van der Waals surface area contributed by atoms with Crippen LogP contribution in [-0.4, -0.2) is 90.0 Å². The molecule has 4 amide bonds. The minimum absolute atomic E-state index is 0.0171. The molecule has 10 heteroatoms. The number of hydrogen-bond acceptors (Lipinski definition) is 6. The molecule has 1 aromatic rings. The fraction of sp³-hybridized carbons (Fsp3) is 0.677. The molecule has 4 aliphatic rings. The van der Waals surface area contributed by atoms with Crippen LogP contribution in [0.25, 0.3) is 0 Å². The molecule has 3 atom stereocenters. The van der Waals surface area contributed by atoms with Crippen molar-refractivity contribution in [2.24, 2.45) is 11.8 Å². The van der Waals surface area contributed by atoms with E-state index in [0.29, 0.717) is 45.0 Å². The number of nitrogens with one attached hydrogen (secondary N) is 2. The van der Waals surface area contributed by atoms with Gasteiger partial charge in [0, 0.05) is 25.2 Å². The summed E-state index contributed by atoms with van der Waals surface area (Å²) in [6.07, 6.45) is 6.09. The Bertz CT molecular complexity index is 1150. The molecule has 1 aromatic carbocycles. The predicted octanol–water partition coefficient (Wildman–Crippen LogP) is 2.51. The van der Waals surface area contributed by atoms with Crippen LogP contribution in [0.15, 0.2) is 24.3 Å². The fourth-order valence-corrected chi connectivity index (χ4v) is 5.86. The van der Waals surface area contributed by atoms with E-state index in [9.17, 15) is 19.2 Å². The van der Waals surface area contributed by atoms with Crippen molar-refractivity contribution in [1.29, 1.82) is 0 Å². The maximum absolute atomic E-state index is 13.9. The van der Waals surface area contributed by atoms with Crippen molar-refractivity contribution >= 4 is 23.6 Å². The topological polar surface area (TPSA) is 117 Å². The van der Waals surface area contributed by atoms with E-state index in [4.69, 9.17) is 9.47 Å². The molecular formula is C31H44N4O6. The lowest BCUT2D eigenvalue weighted by Gasteiger charge is -2.37. The molecule has 41 heavy (non-hydrogen) atoms. The van der Waals surface area contributed by atoms with Crippen LogP contribution >= 0.6 is 0 Å². The van der Waals surface area contributed by atoms with Crippen molar-refractivity contribution in [2.45, 2.75) is 89.4 Å². The lowest BCUT2D eigenvalue weighted by Crippen LogP contribution is -2.56. The highest BCUT2D eigenvalue weighted by Crippen LogP contribution is 2.36. The van der Waals surface area contributed by atoms with E-state index in [0.717, 1.165) is 32.1 Å². The first-order chi connectivity index (χ1) is 19.6. The number of nitrogens with zero attached hydrogens (tertiary/aromatic N) is 2. The molecule has 0 radical (unpaired) electrons. The minimum Gasteiger partial charge on any atom is -0.483 e. The van der Waals surface area contributed by atoms with E-state index in [-0.39, 0.29) is 53.2 Å². The number of morpholine rings is 1. The molecule has 2 saturated carbocycles. The number of amides is 4. The van der Waals surface area contributed by atoms with Gasteiger partial charge in [-0.3, -0.25) is 19.2 Å². The zero-order chi connectivity index (χ0) is 29.1. The van der Waals surface area contributed by atoms with Crippen LogP contribution in [0.1, 0.15) is 76.1 Å². The summed E-state index contributed by atoms with van der Waals surface area (Å²) in [5.41, 5.74) is 0.102. The number of carbonyl (C=O) groups is 4. The second-order valence-corrected chi connectivity index (χ2v) is 12.8. The van der Waals surface area contributed by atoms with Crippen molar-refractivity contribution in [2.75, 3.05) is 32.8 Å². The fourth-order valence-electron chi connectivity index (χ4n) is 5.86. The Hall–Kier alpha value is -3.14. The molecule has 0 bridgehead atoms. The molecule has 5 rings (SSSR count). The predicted molar refractivity (Wildman–Crippen MR) is 152 cm³/mol. The Labute approximate surface area is 242 Å². The second-order valence-electron chi connectivity index (χ2n) is 12.8. The lowest BCUT2D eigenvalue weighted by molar-refractivity contribution is -0.150. The standard InChI is InChI=1S/C31H44N4O6/c1-20(2)17-23(32-28(37)22-7-4-5-9-25(22)41-19-27(36)33-31(3)12-13-31)29(38)35-14-6-8-24(35)30(39)34-15-16-40-26(18-34)21-10-11-21/h4-5,7,9,20-21,23-24,26H,6,8,10-19H2,1-3H3,(H,32,37)(H,33,36)/t23-,24-,26?/m1/s1. The van der Waals surface area contributed by atoms with Gasteiger partial charge in [-0.15, -0.1) is 0 Å². The highest BCUT2D eigenvalue weighted by molar-refractivity contribution is 6.00. The minimum atomic E-state index is -0.786. The molecule has 10 nitrogen and oxygen atoms in total. The van der Waals surface area contributed by atoms with E-state index < -0.39 is 18.0 Å². The summed E-state index contributed by atoms with van der Waals surface area (Å²) in [6.45, 7) is 7.94. The van der Waals surface area contributed by atoms with E-state index in [1.54, 1.807) is 29.2 Å². The molecule has 0 aromatic heterocycles. The number of hydrogen-bond donors (Lipinski definition) is 2. The van der Waals surface area contributed by atoms with Gasteiger partial charge in [-0.1, -0.05) is 26.0 Å². The Morgan fingerprint density at radius 1 is 1.10 bits per heavy atom. The molecule has 0 spiro atoms. The van der Waals surface area contributed by atoms with Crippen LogP contribution in [0.3, 0.4) is 0 Å². The van der Waals surface area contributed by atoms with Crippen molar-refractivity contribution in [1.82, 2.24) is 20.4 Å². The molecule has 2 heterocycles. The highest BCUT2D eigenvalue weighted by atomic mass is 16.5. The summed E-state index contributed by atoms with van der Waals surface area (Å²) >= 11 is 0. The number of rotatable bonds is 11. The summed E-state index contributed by atoms with van der Waals surface area (Å²) in [6, 6.07) is 5.42. The van der Waals surface area contributed by atoms with Gasteiger partial charge in [0.2, 0.25) is 11.8 Å². The van der Waals surface area contributed by atoms with Gasteiger partial charge in [0.25, 0.3) is 11.8 Å². The van der Waals surface area contributed by atoms with Crippen LogP contribution in [0.2, 0.25) is 0 Å².